The van der Waals surface area contributed by atoms with Crippen molar-refractivity contribution in [2.75, 3.05) is 0 Å². The van der Waals surface area contributed by atoms with E-state index in [9.17, 15) is 10.1 Å². The molecule has 0 saturated carbocycles. The molecule has 2 N–H and O–H groups in total. The van der Waals surface area contributed by atoms with Crippen LogP contribution in [-0.2, 0) is 6.54 Å². The average Bonchev–Trinajstić information content (AvgIpc) is 3.56. The molecule has 0 aliphatic rings. The number of nitrogens with one attached hydrogen (secondary N) is 2. The zero-order chi connectivity index (χ0) is 23.3. The first-order chi connectivity index (χ1) is 16.7. The number of aromatic amines is 1. The van der Waals surface area contributed by atoms with E-state index in [1.807, 2.05) is 67.0 Å². The lowest BCUT2D eigenvalue weighted by Gasteiger charge is -2.16. The van der Waals surface area contributed by atoms with Gasteiger partial charge in [-0.1, -0.05) is 42.5 Å². The molecule has 2 aromatic carbocycles. The van der Waals surface area contributed by atoms with E-state index in [2.05, 4.69) is 31.4 Å². The van der Waals surface area contributed by atoms with E-state index in [0.29, 0.717) is 12.1 Å². The summed E-state index contributed by atoms with van der Waals surface area (Å²) in [4.78, 5) is 24.5. The summed E-state index contributed by atoms with van der Waals surface area (Å²) in [5.74, 6) is -0.168. The van der Waals surface area contributed by atoms with Gasteiger partial charge in [-0.05, 0) is 29.3 Å². The molecule has 0 aliphatic heterocycles. The summed E-state index contributed by atoms with van der Waals surface area (Å²) in [5, 5.41) is 17.9. The van der Waals surface area contributed by atoms with Crippen molar-refractivity contribution < 1.29 is 4.79 Å². The second-order valence-electron chi connectivity index (χ2n) is 7.84. The maximum absolute atomic E-state index is 12.8. The highest BCUT2D eigenvalue weighted by Gasteiger charge is 2.18. The molecular formula is C26H21N7O. The van der Waals surface area contributed by atoms with Crippen LogP contribution >= 0.6 is 0 Å². The third-order valence-electron chi connectivity index (χ3n) is 5.66. The lowest BCUT2D eigenvalue weighted by Crippen LogP contribution is -2.23. The smallest absolute Gasteiger partial charge is 0.251 e. The number of hydrogen-bond donors (Lipinski definition) is 2. The molecule has 0 aliphatic carbocycles. The number of rotatable bonds is 7. The third-order valence-corrected chi connectivity index (χ3v) is 5.66. The number of benzene rings is 2. The van der Waals surface area contributed by atoms with Gasteiger partial charge in [-0.25, -0.2) is 9.97 Å². The second kappa shape index (κ2) is 9.38. The third kappa shape index (κ3) is 4.27. The summed E-state index contributed by atoms with van der Waals surface area (Å²) in [6.45, 7) is 0.445. The van der Waals surface area contributed by atoms with Gasteiger partial charge in [-0.2, -0.15) is 10.4 Å². The van der Waals surface area contributed by atoms with Crippen LogP contribution in [0.3, 0.4) is 0 Å². The molecule has 34 heavy (non-hydrogen) atoms. The number of H-pyrrole nitrogens is 1. The fourth-order valence-corrected chi connectivity index (χ4v) is 3.95. The van der Waals surface area contributed by atoms with Crippen molar-refractivity contribution in [3.8, 4) is 17.3 Å². The van der Waals surface area contributed by atoms with Gasteiger partial charge in [0.2, 0.25) is 0 Å². The van der Waals surface area contributed by atoms with Crippen LogP contribution in [0.5, 0.6) is 0 Å². The van der Waals surface area contributed by atoms with E-state index >= 15 is 0 Å². The van der Waals surface area contributed by atoms with E-state index in [1.165, 1.54) is 6.33 Å². The zero-order valence-corrected chi connectivity index (χ0v) is 18.2. The Morgan fingerprint density at radius 1 is 1.12 bits per heavy atom. The number of amides is 1. The molecule has 1 atom stereocenters. The van der Waals surface area contributed by atoms with Crippen molar-refractivity contribution in [2.45, 2.75) is 19.0 Å². The molecule has 0 fully saturated rings. The van der Waals surface area contributed by atoms with E-state index < -0.39 is 0 Å². The molecule has 0 saturated heterocycles. The fourth-order valence-electron chi connectivity index (χ4n) is 3.95. The topological polar surface area (TPSA) is 112 Å². The van der Waals surface area contributed by atoms with Gasteiger partial charge in [-0.15, -0.1) is 0 Å². The minimum Gasteiger partial charge on any atom is -0.348 e. The molecule has 1 unspecified atom stereocenters. The van der Waals surface area contributed by atoms with E-state index in [1.54, 1.807) is 16.9 Å². The predicted molar refractivity (Wildman–Crippen MR) is 128 cm³/mol. The van der Waals surface area contributed by atoms with E-state index in [4.69, 9.17) is 0 Å². The van der Waals surface area contributed by atoms with Crippen LogP contribution in [0.15, 0.2) is 85.6 Å². The Morgan fingerprint density at radius 2 is 2.00 bits per heavy atom. The Balaban J connectivity index is 1.40. The molecule has 3 aromatic heterocycles. The Bertz CT molecular complexity index is 1480. The maximum Gasteiger partial charge on any atom is 0.251 e. The van der Waals surface area contributed by atoms with Crippen LogP contribution < -0.4 is 5.32 Å². The number of hydrogen-bond acceptors (Lipinski definition) is 5. The second-order valence-corrected chi connectivity index (χ2v) is 7.84. The monoisotopic (exact) mass is 447 g/mol. The van der Waals surface area contributed by atoms with Gasteiger partial charge in [-0.3, -0.25) is 9.48 Å². The van der Waals surface area contributed by atoms with Crippen LogP contribution in [0.4, 0.5) is 0 Å². The molecule has 5 rings (SSSR count). The zero-order valence-electron chi connectivity index (χ0n) is 18.2. The minimum absolute atomic E-state index is 0.168. The van der Waals surface area contributed by atoms with Crippen LogP contribution in [0, 0.1) is 11.3 Å². The van der Waals surface area contributed by atoms with Crippen LogP contribution in [0.2, 0.25) is 0 Å². The summed E-state index contributed by atoms with van der Waals surface area (Å²) in [7, 11) is 0. The van der Waals surface area contributed by atoms with Crippen molar-refractivity contribution in [3.05, 3.63) is 102 Å². The molecule has 8 nitrogen and oxygen atoms in total. The predicted octanol–water partition coefficient (Wildman–Crippen LogP) is 4.25. The van der Waals surface area contributed by atoms with Gasteiger partial charge in [0.25, 0.3) is 5.91 Å². The molecule has 166 valence electrons. The quantitative estimate of drug-likeness (QED) is 0.387. The number of aromatic nitrogens is 5. The lowest BCUT2D eigenvalue weighted by atomic mass is 10.0. The highest BCUT2D eigenvalue weighted by atomic mass is 16.1. The number of fused-ring (bicyclic) bond motifs is 1. The van der Waals surface area contributed by atoms with Gasteiger partial charge in [0.05, 0.1) is 30.4 Å². The first kappa shape index (κ1) is 21.1. The Kier molecular flexibility index (Phi) is 5.82. The molecule has 1 amide bonds. The van der Waals surface area contributed by atoms with Crippen LogP contribution in [-0.4, -0.2) is 30.6 Å². The van der Waals surface area contributed by atoms with Gasteiger partial charge in [0.15, 0.2) is 0 Å². The highest BCUT2D eigenvalue weighted by Crippen LogP contribution is 2.28. The van der Waals surface area contributed by atoms with Crippen molar-refractivity contribution in [1.29, 1.82) is 5.26 Å². The number of nitrogens with zero attached hydrogens (tertiary/aromatic N) is 5. The number of carbonyl (C=O) groups excluding carboxylic acids is 1. The Labute approximate surface area is 195 Å². The summed E-state index contributed by atoms with van der Waals surface area (Å²) in [6.07, 6.45) is 7.14. The Hall–Kier alpha value is -4.77. The standard InChI is InChI=1S/C26H21N7O/c27-11-9-23(33-16-21(15-32-33)24-22-10-12-28-25(22)31-17-30-24)19-7-4-8-20(13-19)26(34)29-14-18-5-2-1-3-6-18/h1-8,10,12-13,15-17,23H,9,14H2,(H,29,34)(H,28,30,31). The van der Waals surface area contributed by atoms with Crippen molar-refractivity contribution in [2.24, 2.45) is 0 Å². The van der Waals surface area contributed by atoms with Gasteiger partial charge in [0.1, 0.15) is 12.0 Å². The van der Waals surface area contributed by atoms with Crippen molar-refractivity contribution >= 4 is 16.9 Å². The SMILES string of the molecule is N#CCC(c1cccc(C(=O)NCc2ccccc2)c1)n1cc(-c2ncnc3[nH]ccc23)cn1. The molecule has 0 spiro atoms. The first-order valence-electron chi connectivity index (χ1n) is 10.8. The van der Waals surface area contributed by atoms with Gasteiger partial charge in [0, 0.05) is 35.5 Å². The average molecular weight is 448 g/mol. The number of carbonyl (C=O) groups is 1. The van der Waals surface area contributed by atoms with Gasteiger partial charge >= 0.3 is 0 Å². The van der Waals surface area contributed by atoms with Crippen molar-refractivity contribution in [3.63, 3.8) is 0 Å². The fraction of sp³-hybridized carbons (Fsp3) is 0.115. The summed E-state index contributed by atoms with van der Waals surface area (Å²) < 4.78 is 1.75. The van der Waals surface area contributed by atoms with Crippen LogP contribution in [0.25, 0.3) is 22.3 Å². The normalized spacial score (nSPS) is 11.7. The van der Waals surface area contributed by atoms with E-state index in [-0.39, 0.29) is 18.4 Å². The molecule has 5 aromatic rings. The first-order valence-corrected chi connectivity index (χ1v) is 10.8. The largest absolute Gasteiger partial charge is 0.348 e. The lowest BCUT2D eigenvalue weighted by molar-refractivity contribution is 0.0950. The molecule has 3 heterocycles. The summed E-state index contributed by atoms with van der Waals surface area (Å²) in [5.41, 5.74) is 4.74. The molecule has 0 radical (unpaired) electrons. The highest BCUT2D eigenvalue weighted by molar-refractivity contribution is 5.94. The summed E-state index contributed by atoms with van der Waals surface area (Å²) in [6, 6.07) is 20.9. The minimum atomic E-state index is -0.343. The maximum atomic E-state index is 12.8. The Morgan fingerprint density at radius 3 is 2.85 bits per heavy atom. The van der Waals surface area contributed by atoms with Crippen LogP contribution in [0.1, 0.15) is 33.9 Å². The van der Waals surface area contributed by atoms with Crippen molar-refractivity contribution in [1.82, 2.24) is 30.0 Å². The molecule has 8 heteroatoms. The molecule has 0 bridgehead atoms. The molecular weight excluding hydrogens is 426 g/mol. The van der Waals surface area contributed by atoms with Gasteiger partial charge < -0.3 is 10.3 Å². The number of nitriles is 1. The summed E-state index contributed by atoms with van der Waals surface area (Å²) >= 11 is 0. The van der Waals surface area contributed by atoms with E-state index in [0.717, 1.165) is 33.4 Å².